The van der Waals surface area contributed by atoms with Gasteiger partial charge in [-0.3, -0.25) is 9.80 Å². The summed E-state index contributed by atoms with van der Waals surface area (Å²) in [6.45, 7) is 8.99. The van der Waals surface area contributed by atoms with Gasteiger partial charge in [0.1, 0.15) is 5.82 Å². The summed E-state index contributed by atoms with van der Waals surface area (Å²) < 4.78 is 2.40. The van der Waals surface area contributed by atoms with E-state index in [1.807, 2.05) is 0 Å². The molecular formula is C24H30N4. The first-order chi connectivity index (χ1) is 13.8. The van der Waals surface area contributed by atoms with Crippen LogP contribution in [0, 0.1) is 0 Å². The summed E-state index contributed by atoms with van der Waals surface area (Å²) in [4.78, 5) is 10.2. The van der Waals surface area contributed by atoms with Gasteiger partial charge in [0.25, 0.3) is 0 Å². The van der Waals surface area contributed by atoms with Gasteiger partial charge in [-0.1, -0.05) is 48.9 Å². The minimum atomic E-state index is 0.876. The van der Waals surface area contributed by atoms with Gasteiger partial charge in [0.2, 0.25) is 0 Å². The van der Waals surface area contributed by atoms with Gasteiger partial charge in [-0.05, 0) is 30.5 Å². The summed E-state index contributed by atoms with van der Waals surface area (Å²) in [6.07, 6.45) is 6.35. The largest absolute Gasteiger partial charge is 0.327 e. The number of imidazole rings is 1. The molecule has 4 heteroatoms. The Balaban J connectivity index is 1.36. The lowest BCUT2D eigenvalue weighted by Crippen LogP contribution is -2.51. The summed E-state index contributed by atoms with van der Waals surface area (Å²) in [6, 6.07) is 16.0. The van der Waals surface area contributed by atoms with Crippen molar-refractivity contribution < 1.29 is 0 Å². The van der Waals surface area contributed by atoms with Gasteiger partial charge < -0.3 is 4.57 Å². The maximum Gasteiger partial charge on any atom is 0.140 e. The van der Waals surface area contributed by atoms with E-state index < -0.39 is 0 Å². The van der Waals surface area contributed by atoms with Crippen molar-refractivity contribution in [2.75, 3.05) is 26.2 Å². The molecule has 3 aromatic rings. The normalized spacial score (nSPS) is 19.2. The van der Waals surface area contributed by atoms with E-state index in [1.165, 1.54) is 67.5 Å². The fourth-order valence-electron chi connectivity index (χ4n) is 4.79. The first-order valence-electron chi connectivity index (χ1n) is 10.8. The summed E-state index contributed by atoms with van der Waals surface area (Å²) in [5, 5.41) is 2.56. The summed E-state index contributed by atoms with van der Waals surface area (Å²) >= 11 is 0. The highest BCUT2D eigenvalue weighted by Crippen LogP contribution is 2.29. The highest BCUT2D eigenvalue weighted by atomic mass is 15.3. The topological polar surface area (TPSA) is 24.3 Å². The first kappa shape index (κ1) is 17.9. The Morgan fingerprint density at radius 2 is 1.75 bits per heavy atom. The Morgan fingerprint density at radius 1 is 0.964 bits per heavy atom. The molecule has 0 amide bonds. The fourth-order valence-corrected chi connectivity index (χ4v) is 4.79. The van der Waals surface area contributed by atoms with Crippen molar-refractivity contribution in [2.45, 2.75) is 45.3 Å². The van der Waals surface area contributed by atoms with E-state index in [9.17, 15) is 0 Å². The molecule has 1 aromatic heterocycles. The van der Waals surface area contributed by atoms with Crippen molar-refractivity contribution >= 4 is 10.8 Å². The molecule has 2 aliphatic rings. The zero-order valence-electron chi connectivity index (χ0n) is 16.8. The number of rotatable bonds is 5. The smallest absolute Gasteiger partial charge is 0.140 e. The molecule has 4 nitrogen and oxygen atoms in total. The zero-order valence-corrected chi connectivity index (χ0v) is 16.8. The molecule has 0 atom stereocenters. The number of piperazine rings is 1. The van der Waals surface area contributed by atoms with Crippen LogP contribution < -0.4 is 0 Å². The highest BCUT2D eigenvalue weighted by Gasteiger charge is 2.28. The van der Waals surface area contributed by atoms with Crippen LogP contribution in [-0.4, -0.2) is 51.6 Å². The molecule has 2 fully saturated rings. The quantitative estimate of drug-likeness (QED) is 0.662. The lowest BCUT2D eigenvalue weighted by Gasteiger charge is -2.43. The predicted octanol–water partition coefficient (Wildman–Crippen LogP) is 4.39. The number of hydrogen-bond acceptors (Lipinski definition) is 3. The first-order valence-corrected chi connectivity index (χ1v) is 10.8. The molecule has 0 N–H and O–H groups in total. The van der Waals surface area contributed by atoms with Crippen molar-refractivity contribution in [1.29, 1.82) is 0 Å². The molecular weight excluding hydrogens is 344 g/mol. The van der Waals surface area contributed by atoms with Gasteiger partial charge in [0.05, 0.1) is 11.9 Å². The Bertz CT molecular complexity index is 943. The van der Waals surface area contributed by atoms with Crippen molar-refractivity contribution in [3.63, 3.8) is 0 Å². The van der Waals surface area contributed by atoms with Gasteiger partial charge in [-0.15, -0.1) is 0 Å². The molecule has 0 unspecified atom stereocenters. The molecule has 1 aliphatic heterocycles. The lowest BCUT2D eigenvalue weighted by atomic mass is 9.91. The molecule has 2 aromatic carbocycles. The van der Waals surface area contributed by atoms with Crippen LogP contribution in [0.4, 0.5) is 0 Å². The van der Waals surface area contributed by atoms with E-state index in [0.717, 1.165) is 25.0 Å². The molecule has 2 heterocycles. The van der Waals surface area contributed by atoms with Crippen LogP contribution in [0.5, 0.6) is 0 Å². The molecule has 1 aliphatic carbocycles. The van der Waals surface area contributed by atoms with Crippen LogP contribution in [0.3, 0.4) is 0 Å². The van der Waals surface area contributed by atoms with E-state index >= 15 is 0 Å². The monoisotopic (exact) mass is 374 g/mol. The molecule has 28 heavy (non-hydrogen) atoms. The third-order valence-corrected chi connectivity index (χ3v) is 6.67. The van der Waals surface area contributed by atoms with Crippen molar-refractivity contribution in [3.8, 4) is 11.4 Å². The van der Waals surface area contributed by atoms with Gasteiger partial charge in [-0.25, -0.2) is 4.98 Å². The van der Waals surface area contributed by atoms with Crippen LogP contribution in [0.15, 0.2) is 48.7 Å². The fraction of sp³-hybridized carbons (Fsp3) is 0.458. The van der Waals surface area contributed by atoms with Gasteiger partial charge >= 0.3 is 0 Å². The van der Waals surface area contributed by atoms with Crippen molar-refractivity contribution in [1.82, 2.24) is 19.4 Å². The van der Waals surface area contributed by atoms with Gasteiger partial charge in [0.15, 0.2) is 0 Å². The van der Waals surface area contributed by atoms with Gasteiger partial charge in [-0.2, -0.15) is 0 Å². The highest BCUT2D eigenvalue weighted by molar-refractivity contribution is 5.95. The second kappa shape index (κ2) is 7.69. The third-order valence-electron chi connectivity index (χ3n) is 6.67. The maximum atomic E-state index is 4.86. The molecule has 0 spiro atoms. The van der Waals surface area contributed by atoms with Crippen LogP contribution in [0.2, 0.25) is 0 Å². The van der Waals surface area contributed by atoms with E-state index in [1.54, 1.807) is 0 Å². The number of fused-ring (bicyclic) bond motifs is 1. The summed E-state index contributed by atoms with van der Waals surface area (Å²) in [7, 11) is 0. The molecule has 0 radical (unpaired) electrons. The van der Waals surface area contributed by atoms with Crippen molar-refractivity contribution in [2.24, 2.45) is 0 Å². The number of nitrogens with zero attached hydrogens (tertiary/aromatic N) is 4. The second-order valence-electron chi connectivity index (χ2n) is 8.24. The predicted molar refractivity (Wildman–Crippen MR) is 115 cm³/mol. The van der Waals surface area contributed by atoms with Crippen LogP contribution >= 0.6 is 0 Å². The summed E-state index contributed by atoms with van der Waals surface area (Å²) in [5.41, 5.74) is 2.57. The Hall–Kier alpha value is -2.17. The summed E-state index contributed by atoms with van der Waals surface area (Å²) in [5.74, 6) is 1.10. The number of benzene rings is 2. The Morgan fingerprint density at radius 3 is 2.50 bits per heavy atom. The number of hydrogen-bond donors (Lipinski definition) is 0. The standard InChI is InChI=1S/C24H30N4/c1-2-28-21(18-26-13-15-27(16-14-26)20-9-6-10-20)17-25-24(28)23-12-5-8-19-7-3-4-11-22(19)23/h3-5,7-8,11-12,17,20H,2,6,9-10,13-16,18H2,1H3. The Labute approximate surface area is 167 Å². The Kier molecular flexibility index (Phi) is 4.91. The second-order valence-corrected chi connectivity index (χ2v) is 8.24. The van der Waals surface area contributed by atoms with Crippen LogP contribution in [-0.2, 0) is 13.1 Å². The van der Waals surface area contributed by atoms with E-state index in [4.69, 9.17) is 4.98 Å². The molecule has 1 saturated carbocycles. The number of aromatic nitrogens is 2. The van der Waals surface area contributed by atoms with Crippen molar-refractivity contribution in [3.05, 3.63) is 54.4 Å². The molecule has 5 rings (SSSR count). The van der Waals surface area contributed by atoms with E-state index in [0.29, 0.717) is 0 Å². The maximum absolute atomic E-state index is 4.86. The molecule has 1 saturated heterocycles. The average molecular weight is 375 g/mol. The van der Waals surface area contributed by atoms with E-state index in [-0.39, 0.29) is 0 Å². The minimum absolute atomic E-state index is 0.876. The zero-order chi connectivity index (χ0) is 18.9. The SMILES string of the molecule is CCn1c(CN2CCN(C3CCC3)CC2)cnc1-c1cccc2ccccc12. The van der Waals surface area contributed by atoms with Gasteiger partial charge in [0, 0.05) is 50.9 Å². The molecule has 0 bridgehead atoms. The lowest BCUT2D eigenvalue weighted by molar-refractivity contribution is 0.0579. The third kappa shape index (κ3) is 3.25. The average Bonchev–Trinajstić information content (AvgIpc) is 3.10. The minimum Gasteiger partial charge on any atom is -0.327 e. The molecule has 146 valence electrons. The van der Waals surface area contributed by atoms with E-state index in [2.05, 4.69) is 70.0 Å². The van der Waals surface area contributed by atoms with Crippen LogP contribution in [0.1, 0.15) is 31.9 Å². The van der Waals surface area contributed by atoms with Crippen LogP contribution in [0.25, 0.3) is 22.2 Å².